The maximum atomic E-state index is 11.5. The first-order valence-electron chi connectivity index (χ1n) is 32.8. The molecule has 0 unspecified atom stereocenters. The molecule has 0 aromatic carbocycles. The van der Waals surface area contributed by atoms with Gasteiger partial charge in [-0.1, -0.05) is 22.3 Å². The number of nitrogens with one attached hydrogen (secondary N) is 2. The molecule has 35 heteroatoms. The zero-order valence-corrected chi connectivity index (χ0v) is 60.2. The Balaban J connectivity index is -0.000000334. The minimum atomic E-state index is -3.22. The molecule has 0 radical (unpaired) electrons. The molecule has 2 amide bonds. The largest absolute Gasteiger partial charge is 0.379 e. The molecule has 0 rings (SSSR count). The third-order valence-electron chi connectivity index (χ3n) is 11.1. The number of carbonyl (C=O) groups excluding carboxylic acids is 4. The summed E-state index contributed by atoms with van der Waals surface area (Å²) in [6.07, 6.45) is 1.93. The van der Waals surface area contributed by atoms with Crippen LogP contribution in [0.25, 0.3) is 0 Å². The molecule has 0 aromatic rings. The van der Waals surface area contributed by atoms with Crippen molar-refractivity contribution in [1.82, 2.24) is 10.6 Å². The SMILES string of the molecule is C.C.C.CC(=O)CCOCCOCCOCCOCCOCCOCCOCCOCCOCCOCCOCCOCCNC(=O)CS.CC(=O)CCOCCOCCOCCOCCOCCOCCOCCOCCOCCOCCOCCOCCNC(=O)CSS(C)(=O)=O.[HH].[HH]. The van der Waals surface area contributed by atoms with Gasteiger partial charge in [0.05, 0.1) is 329 Å². The highest BCUT2D eigenvalue weighted by molar-refractivity contribution is 8.72. The molecule has 0 fully saturated rings. The van der Waals surface area contributed by atoms with E-state index >= 15 is 0 Å². The Kier molecular flexibility index (Phi) is 98.2. The normalized spacial score (nSPS) is 11.2. The van der Waals surface area contributed by atoms with E-state index in [1.165, 1.54) is 0 Å². The molecule has 0 saturated heterocycles. The molecule has 99 heavy (non-hydrogen) atoms. The van der Waals surface area contributed by atoms with Crippen molar-refractivity contribution in [1.29, 1.82) is 0 Å². The van der Waals surface area contributed by atoms with Crippen LogP contribution in [0.1, 0.15) is 51.8 Å². The average molecular weight is 1510 g/mol. The smallest absolute Gasteiger partial charge is 0.231 e. The molecule has 0 bridgehead atoms. The lowest BCUT2D eigenvalue weighted by molar-refractivity contribution is -0.119. The summed E-state index contributed by atoms with van der Waals surface area (Å²) in [5, 5.41) is 5.25. The van der Waals surface area contributed by atoms with Gasteiger partial charge in [-0.15, -0.1) is 0 Å². The summed E-state index contributed by atoms with van der Waals surface area (Å²) in [4.78, 5) is 44.0. The number of ether oxygens (including phenoxy) is 24. The number of thiol groups is 1. The Morgan fingerprint density at radius 1 is 0.273 bits per heavy atom. The molecular formula is C64H136N2O30S3. The van der Waals surface area contributed by atoms with Gasteiger partial charge in [-0.05, 0) is 24.6 Å². The van der Waals surface area contributed by atoms with Gasteiger partial charge in [0.15, 0.2) is 8.87 Å². The predicted molar refractivity (Wildman–Crippen MR) is 382 cm³/mol. The Morgan fingerprint density at radius 3 is 0.556 bits per heavy atom. The van der Waals surface area contributed by atoms with E-state index in [2.05, 4.69) is 23.3 Å². The van der Waals surface area contributed by atoms with Gasteiger partial charge in [0.1, 0.15) is 11.6 Å². The average Bonchev–Trinajstić information content (AvgIpc) is 1.41. The van der Waals surface area contributed by atoms with Crippen LogP contribution in [0, 0.1) is 0 Å². The second-order valence-electron chi connectivity index (χ2n) is 19.4. The van der Waals surface area contributed by atoms with Crippen molar-refractivity contribution < 1.29 is 144 Å². The molecule has 0 atom stereocenters. The molecule has 32 nitrogen and oxygen atoms in total. The van der Waals surface area contributed by atoms with Crippen LogP contribution >= 0.6 is 23.4 Å². The van der Waals surface area contributed by atoms with Crippen molar-refractivity contribution in [2.45, 2.75) is 49.0 Å². The Morgan fingerprint density at radius 2 is 0.414 bits per heavy atom. The van der Waals surface area contributed by atoms with E-state index in [1.54, 1.807) is 13.8 Å². The zero-order valence-electron chi connectivity index (χ0n) is 57.7. The highest BCUT2D eigenvalue weighted by atomic mass is 33.1. The topological polar surface area (TPSA) is 348 Å². The number of amides is 2. The van der Waals surface area contributed by atoms with Crippen LogP contribution in [0.3, 0.4) is 0 Å². The standard InChI is InChI=1S/C31H61NO16S2.C30H59NO14S.3CH4.2H2/c1-30(33)3-5-37-7-9-39-11-13-41-15-17-43-19-21-45-23-25-47-27-28-48-26-24-46-22-20-44-18-16-42-14-12-40-10-8-38-6-4-32-31(34)29-49-50(2,35)36;1-29(32)2-4-34-6-8-36-10-12-38-14-16-40-18-20-42-22-24-44-26-27-45-25-23-43-21-19-41-17-15-39-13-11-37-9-7-35-5-3-31-30(33)28-46;;;;;/h3-29H2,1-2H3,(H,32,34);46H,2-28H2,1H3,(H,31,33);3*1H4;2*1H. The molecule has 0 aliphatic heterocycles. The highest BCUT2D eigenvalue weighted by Crippen LogP contribution is 2.08. The van der Waals surface area contributed by atoms with E-state index in [4.69, 9.17) is 114 Å². The number of hydrogen-bond acceptors (Lipinski definition) is 32. The summed E-state index contributed by atoms with van der Waals surface area (Å²) < 4.78 is 152. The fourth-order valence-corrected chi connectivity index (χ4v) is 7.77. The van der Waals surface area contributed by atoms with Crippen LogP contribution in [0.5, 0.6) is 0 Å². The van der Waals surface area contributed by atoms with Gasteiger partial charge in [-0.2, -0.15) is 12.6 Å². The molecule has 600 valence electrons. The molecule has 0 heterocycles. The lowest BCUT2D eigenvalue weighted by Gasteiger charge is -2.09. The zero-order chi connectivity index (χ0) is 70.1. The number of Topliss-reactive ketones (excluding diaryl/α,β-unsaturated/α-hetero) is 2. The van der Waals surface area contributed by atoms with Crippen LogP contribution in [0.2, 0.25) is 0 Å². The number of rotatable bonds is 82. The van der Waals surface area contributed by atoms with E-state index in [1.807, 2.05) is 0 Å². The van der Waals surface area contributed by atoms with E-state index in [9.17, 15) is 27.6 Å². The van der Waals surface area contributed by atoms with E-state index in [0.29, 0.717) is 354 Å². The number of hydrogen-bond donors (Lipinski definition) is 3. The first kappa shape index (κ1) is 106. The summed E-state index contributed by atoms with van der Waals surface area (Å²) >= 11 is 3.87. The quantitative estimate of drug-likeness (QED) is 0.0447. The summed E-state index contributed by atoms with van der Waals surface area (Å²) in [6.45, 7) is 26.5. The number of ketones is 2. The monoisotopic (exact) mass is 1510 g/mol. The van der Waals surface area contributed by atoms with Crippen molar-refractivity contribution in [3.05, 3.63) is 0 Å². The van der Waals surface area contributed by atoms with Gasteiger partial charge >= 0.3 is 0 Å². The lowest BCUT2D eigenvalue weighted by atomic mass is 10.3. The van der Waals surface area contributed by atoms with E-state index in [0.717, 1.165) is 6.26 Å². The van der Waals surface area contributed by atoms with Gasteiger partial charge in [0.2, 0.25) is 11.8 Å². The minimum absolute atomic E-state index is 0. The molecule has 0 aliphatic carbocycles. The summed E-state index contributed by atoms with van der Waals surface area (Å²) in [6, 6.07) is 0. The summed E-state index contributed by atoms with van der Waals surface area (Å²) in [5.41, 5.74) is 0. The molecule has 2 N–H and O–H groups in total. The second kappa shape index (κ2) is 92.1. The van der Waals surface area contributed by atoms with Gasteiger partial charge in [0.25, 0.3) is 0 Å². The van der Waals surface area contributed by atoms with E-state index < -0.39 is 8.87 Å². The molecule has 0 aromatic heterocycles. The van der Waals surface area contributed by atoms with Crippen LogP contribution < -0.4 is 10.6 Å². The van der Waals surface area contributed by atoms with Gasteiger partial charge in [0, 0.05) is 35.0 Å². The fraction of sp³-hybridized carbons (Fsp3) is 0.938. The molecular weight excluding hydrogens is 1370 g/mol. The van der Waals surface area contributed by atoms with Crippen molar-refractivity contribution in [3.63, 3.8) is 0 Å². The third-order valence-corrected chi connectivity index (χ3v) is 13.8. The van der Waals surface area contributed by atoms with Gasteiger partial charge in [-0.25, -0.2) is 8.42 Å². The van der Waals surface area contributed by atoms with E-state index in [-0.39, 0.29) is 60.0 Å². The van der Waals surface area contributed by atoms with Crippen molar-refractivity contribution >= 4 is 55.7 Å². The van der Waals surface area contributed by atoms with Crippen LogP contribution in [-0.2, 0) is 142 Å². The van der Waals surface area contributed by atoms with Crippen LogP contribution in [0.4, 0.5) is 0 Å². The van der Waals surface area contributed by atoms with Crippen LogP contribution in [0.15, 0.2) is 0 Å². The lowest BCUT2D eigenvalue weighted by Crippen LogP contribution is -2.29. The second-order valence-corrected chi connectivity index (χ2v) is 24.2. The first-order valence-corrected chi connectivity index (χ1v) is 36.8. The first-order chi connectivity index (χ1) is 47.0. The Bertz CT molecular complexity index is 1750. The Labute approximate surface area is 604 Å². The maximum Gasteiger partial charge on any atom is 0.231 e. The van der Waals surface area contributed by atoms with Crippen molar-refractivity contribution in [3.8, 4) is 0 Å². The van der Waals surface area contributed by atoms with Crippen molar-refractivity contribution in [2.75, 3.05) is 348 Å². The van der Waals surface area contributed by atoms with Gasteiger partial charge in [-0.3, -0.25) is 19.2 Å². The minimum Gasteiger partial charge on any atom is -0.379 e. The molecule has 0 spiro atoms. The molecule has 0 saturated carbocycles. The number of carbonyl (C=O) groups is 4. The molecule has 0 aliphatic rings. The maximum absolute atomic E-state index is 11.5. The van der Waals surface area contributed by atoms with Crippen molar-refractivity contribution in [2.24, 2.45) is 0 Å². The Hall–Kier alpha value is -2.03. The predicted octanol–water partition coefficient (Wildman–Crippen LogP) is 2.58. The van der Waals surface area contributed by atoms with Crippen LogP contribution in [-0.4, -0.2) is 380 Å². The third kappa shape index (κ3) is 105. The summed E-state index contributed by atoms with van der Waals surface area (Å²) in [5.74, 6) is -0.177. The summed E-state index contributed by atoms with van der Waals surface area (Å²) in [7, 11) is -2.63. The highest BCUT2D eigenvalue weighted by Gasteiger charge is 2.08. The van der Waals surface area contributed by atoms with Gasteiger partial charge < -0.3 is 124 Å². The fourth-order valence-electron chi connectivity index (χ4n) is 6.27.